The van der Waals surface area contributed by atoms with Gasteiger partial charge in [-0.15, -0.1) is 0 Å². The van der Waals surface area contributed by atoms with E-state index in [1.54, 1.807) is 24.3 Å². The molecule has 1 aliphatic rings. The lowest BCUT2D eigenvalue weighted by molar-refractivity contribution is 0.129. The zero-order valence-corrected chi connectivity index (χ0v) is 19.9. The topological polar surface area (TPSA) is 47.4 Å². The third-order valence-corrected chi connectivity index (χ3v) is 6.51. The summed E-state index contributed by atoms with van der Waals surface area (Å²) in [5.74, 6) is 2.50. The molecule has 0 bridgehead atoms. The minimum Gasteiger partial charge on any atom is -0.456 e. The van der Waals surface area contributed by atoms with Crippen LogP contribution in [0.2, 0.25) is 5.02 Å². The highest BCUT2D eigenvalue weighted by atomic mass is 35.5. The Morgan fingerprint density at radius 1 is 1.19 bits per heavy atom. The molecule has 0 N–H and O–H groups in total. The fourth-order valence-electron chi connectivity index (χ4n) is 4.57. The van der Waals surface area contributed by atoms with E-state index in [0.717, 1.165) is 38.2 Å². The van der Waals surface area contributed by atoms with Gasteiger partial charge in [0, 0.05) is 30.6 Å². The van der Waals surface area contributed by atoms with Crippen LogP contribution in [-0.4, -0.2) is 33.6 Å². The van der Waals surface area contributed by atoms with Gasteiger partial charge in [0.25, 0.3) is 5.56 Å². The lowest BCUT2D eigenvalue weighted by Crippen LogP contribution is -2.42. The number of aromatic nitrogens is 2. The van der Waals surface area contributed by atoms with Crippen molar-refractivity contribution in [2.45, 2.75) is 59.0 Å². The Morgan fingerprint density at radius 3 is 2.69 bits per heavy atom. The fourth-order valence-corrected chi connectivity index (χ4v) is 4.70. The van der Waals surface area contributed by atoms with Crippen molar-refractivity contribution in [1.29, 1.82) is 0 Å². The Labute approximate surface area is 195 Å². The van der Waals surface area contributed by atoms with Crippen LogP contribution in [0.25, 0.3) is 10.9 Å². The quantitative estimate of drug-likeness (QED) is 0.445. The van der Waals surface area contributed by atoms with E-state index in [4.69, 9.17) is 21.3 Å². The van der Waals surface area contributed by atoms with Crippen molar-refractivity contribution >= 4 is 22.5 Å². The van der Waals surface area contributed by atoms with Gasteiger partial charge in [-0.1, -0.05) is 24.6 Å². The lowest BCUT2D eigenvalue weighted by atomic mass is 9.96. The standard InChI is InChI=1S/C26H32ClN3O2/c1-4-7-24-28-22-9-5-10-23(32-21-13-11-20(27)12-14-21)25(22)26(31)30(24)17-19-8-6-15-29(16-19)18(2)3/h5,9-14,18-19H,4,6-8,15-17H2,1-3H3/t19-/m0/s1. The number of hydrogen-bond acceptors (Lipinski definition) is 4. The number of aryl methyl sites for hydroxylation is 1. The molecule has 0 spiro atoms. The highest BCUT2D eigenvalue weighted by Crippen LogP contribution is 2.29. The van der Waals surface area contributed by atoms with E-state index in [1.165, 1.54) is 6.42 Å². The maximum absolute atomic E-state index is 13.8. The van der Waals surface area contributed by atoms with Crippen molar-refractivity contribution in [2.24, 2.45) is 5.92 Å². The van der Waals surface area contributed by atoms with Crippen LogP contribution in [0.4, 0.5) is 0 Å². The summed E-state index contributed by atoms with van der Waals surface area (Å²) in [7, 11) is 0. The second-order valence-corrected chi connectivity index (χ2v) is 9.43. The first kappa shape index (κ1) is 22.8. The van der Waals surface area contributed by atoms with Gasteiger partial charge in [0.2, 0.25) is 0 Å². The number of benzene rings is 2. The lowest BCUT2D eigenvalue weighted by Gasteiger charge is -2.35. The van der Waals surface area contributed by atoms with Crippen molar-refractivity contribution in [2.75, 3.05) is 13.1 Å². The van der Waals surface area contributed by atoms with Crippen LogP contribution in [-0.2, 0) is 13.0 Å². The van der Waals surface area contributed by atoms with E-state index in [-0.39, 0.29) is 5.56 Å². The van der Waals surface area contributed by atoms with Gasteiger partial charge in [-0.2, -0.15) is 0 Å². The average Bonchev–Trinajstić information content (AvgIpc) is 2.78. The molecule has 32 heavy (non-hydrogen) atoms. The number of ether oxygens (including phenoxy) is 1. The molecule has 1 saturated heterocycles. The molecule has 0 radical (unpaired) electrons. The SMILES string of the molecule is CCCc1nc2cccc(Oc3ccc(Cl)cc3)c2c(=O)n1C[C@H]1CCCN(C(C)C)C1. The third-order valence-electron chi connectivity index (χ3n) is 6.26. The molecular formula is C26H32ClN3O2. The Morgan fingerprint density at radius 2 is 1.97 bits per heavy atom. The summed E-state index contributed by atoms with van der Waals surface area (Å²) in [4.78, 5) is 21.2. The van der Waals surface area contributed by atoms with Gasteiger partial charge in [-0.3, -0.25) is 9.36 Å². The van der Waals surface area contributed by atoms with E-state index in [9.17, 15) is 4.79 Å². The molecule has 6 heteroatoms. The highest BCUT2D eigenvalue weighted by molar-refractivity contribution is 6.30. The first-order chi connectivity index (χ1) is 15.5. The molecule has 1 fully saturated rings. The normalized spacial score (nSPS) is 17.2. The number of piperidine rings is 1. The number of nitrogens with zero attached hydrogens (tertiary/aromatic N) is 3. The minimum absolute atomic E-state index is 0.00955. The van der Waals surface area contributed by atoms with Crippen LogP contribution in [0.1, 0.15) is 45.9 Å². The van der Waals surface area contributed by atoms with Gasteiger partial charge in [0.05, 0.1) is 5.52 Å². The van der Waals surface area contributed by atoms with Gasteiger partial charge in [0.15, 0.2) is 0 Å². The van der Waals surface area contributed by atoms with Gasteiger partial charge in [-0.25, -0.2) is 4.98 Å². The van der Waals surface area contributed by atoms with Crippen LogP contribution in [0.3, 0.4) is 0 Å². The molecule has 0 aliphatic carbocycles. The van der Waals surface area contributed by atoms with Crippen molar-refractivity contribution in [1.82, 2.24) is 14.5 Å². The van der Waals surface area contributed by atoms with Crippen LogP contribution in [0.15, 0.2) is 47.3 Å². The monoisotopic (exact) mass is 453 g/mol. The number of fused-ring (bicyclic) bond motifs is 1. The van der Waals surface area contributed by atoms with Crippen molar-refractivity contribution in [3.63, 3.8) is 0 Å². The number of halogens is 1. The summed E-state index contributed by atoms with van der Waals surface area (Å²) in [6, 6.07) is 13.3. The molecule has 5 nitrogen and oxygen atoms in total. The number of rotatable bonds is 7. The Balaban J connectivity index is 1.73. The van der Waals surface area contributed by atoms with E-state index in [0.29, 0.717) is 45.9 Å². The van der Waals surface area contributed by atoms with Gasteiger partial charge in [0.1, 0.15) is 22.7 Å². The van der Waals surface area contributed by atoms with Crippen LogP contribution < -0.4 is 10.3 Å². The minimum atomic E-state index is -0.00955. The largest absolute Gasteiger partial charge is 0.456 e. The molecule has 2 heterocycles. The maximum Gasteiger partial charge on any atom is 0.265 e. The predicted octanol–water partition coefficient (Wildman–Crippen LogP) is 5.92. The van der Waals surface area contributed by atoms with Crippen molar-refractivity contribution < 1.29 is 4.74 Å². The molecule has 0 amide bonds. The molecular weight excluding hydrogens is 422 g/mol. The summed E-state index contributed by atoms with van der Waals surface area (Å²) >= 11 is 6.00. The molecule has 4 rings (SSSR count). The molecule has 2 aromatic carbocycles. The highest BCUT2D eigenvalue weighted by Gasteiger charge is 2.24. The van der Waals surface area contributed by atoms with E-state index in [2.05, 4.69) is 25.7 Å². The summed E-state index contributed by atoms with van der Waals surface area (Å²) in [5.41, 5.74) is 0.679. The molecule has 0 saturated carbocycles. The smallest absolute Gasteiger partial charge is 0.265 e. The summed E-state index contributed by atoms with van der Waals surface area (Å²) < 4.78 is 8.01. The first-order valence-electron chi connectivity index (χ1n) is 11.7. The Bertz CT molecular complexity index is 1120. The molecule has 1 aliphatic heterocycles. The van der Waals surface area contributed by atoms with E-state index >= 15 is 0 Å². The third kappa shape index (κ3) is 5.00. The summed E-state index contributed by atoms with van der Waals surface area (Å²) in [6.45, 7) is 9.48. The van der Waals surface area contributed by atoms with Crippen molar-refractivity contribution in [3.05, 3.63) is 63.7 Å². The zero-order chi connectivity index (χ0) is 22.7. The predicted molar refractivity (Wildman–Crippen MR) is 131 cm³/mol. The number of hydrogen-bond donors (Lipinski definition) is 0. The number of likely N-dealkylation sites (tertiary alicyclic amines) is 1. The van der Waals surface area contributed by atoms with Crippen LogP contribution in [0, 0.1) is 5.92 Å². The van der Waals surface area contributed by atoms with Gasteiger partial charge >= 0.3 is 0 Å². The first-order valence-corrected chi connectivity index (χ1v) is 12.0. The maximum atomic E-state index is 13.8. The Kier molecular flexibility index (Phi) is 7.17. The summed E-state index contributed by atoms with van der Waals surface area (Å²) in [5, 5.41) is 1.19. The van der Waals surface area contributed by atoms with Crippen LogP contribution in [0.5, 0.6) is 11.5 Å². The van der Waals surface area contributed by atoms with Crippen LogP contribution >= 0.6 is 11.6 Å². The molecule has 3 aromatic rings. The zero-order valence-electron chi connectivity index (χ0n) is 19.2. The molecule has 170 valence electrons. The second kappa shape index (κ2) is 10.1. The second-order valence-electron chi connectivity index (χ2n) is 9.00. The Hall–Kier alpha value is -2.37. The average molecular weight is 454 g/mol. The summed E-state index contributed by atoms with van der Waals surface area (Å²) in [6.07, 6.45) is 4.05. The van der Waals surface area contributed by atoms with E-state index < -0.39 is 0 Å². The molecule has 1 aromatic heterocycles. The van der Waals surface area contributed by atoms with E-state index in [1.807, 2.05) is 22.8 Å². The fraction of sp³-hybridized carbons (Fsp3) is 0.462. The van der Waals surface area contributed by atoms with Gasteiger partial charge in [-0.05, 0) is 82.0 Å². The van der Waals surface area contributed by atoms with Crippen molar-refractivity contribution in [3.8, 4) is 11.5 Å². The molecule has 1 atom stereocenters. The molecule has 0 unspecified atom stereocenters. The van der Waals surface area contributed by atoms with Gasteiger partial charge < -0.3 is 9.64 Å².